The van der Waals surface area contributed by atoms with E-state index in [0.717, 1.165) is 23.0 Å². The zero-order valence-electron chi connectivity index (χ0n) is 14.0. The average Bonchev–Trinajstić information content (AvgIpc) is 3.06. The van der Waals surface area contributed by atoms with E-state index >= 15 is 0 Å². The Kier molecular flexibility index (Phi) is 3.07. The Morgan fingerprint density at radius 3 is 2.20 bits per heavy atom. The van der Waals surface area contributed by atoms with Crippen molar-refractivity contribution in [2.45, 2.75) is 13.5 Å². The van der Waals surface area contributed by atoms with Crippen LogP contribution >= 0.6 is 0 Å². The van der Waals surface area contributed by atoms with Crippen LogP contribution in [-0.2, 0) is 6.54 Å². The molecule has 0 unspecified atom stereocenters. The molecule has 4 aromatic carbocycles. The molecule has 0 aliphatic carbocycles. The molecule has 0 N–H and O–H groups in total. The molecule has 5 aromatic rings. The van der Waals surface area contributed by atoms with Crippen molar-refractivity contribution in [1.82, 2.24) is 15.0 Å². The van der Waals surface area contributed by atoms with Gasteiger partial charge in [0.05, 0.1) is 12.1 Å². The second-order valence-electron chi connectivity index (χ2n) is 6.52. The molecular weight excluding hydrogens is 306 g/mol. The van der Waals surface area contributed by atoms with Crippen LogP contribution in [0.25, 0.3) is 32.6 Å². The molecule has 0 aliphatic heterocycles. The summed E-state index contributed by atoms with van der Waals surface area (Å²) in [6.07, 6.45) is 0. The lowest BCUT2D eigenvalue weighted by Gasteiger charge is -2.09. The third kappa shape index (κ3) is 2.20. The SMILES string of the molecule is Cc1cccc(Cn2nnc3c4ccccc4c4ccccc4c32)c1. The van der Waals surface area contributed by atoms with Gasteiger partial charge in [0.2, 0.25) is 0 Å². The summed E-state index contributed by atoms with van der Waals surface area (Å²) in [5.41, 5.74) is 4.58. The fraction of sp³-hybridized carbons (Fsp3) is 0.0909. The first kappa shape index (κ1) is 14.2. The zero-order valence-corrected chi connectivity index (χ0v) is 14.0. The smallest absolute Gasteiger partial charge is 0.121 e. The summed E-state index contributed by atoms with van der Waals surface area (Å²) in [5, 5.41) is 13.9. The number of nitrogens with zero attached hydrogens (tertiary/aromatic N) is 3. The van der Waals surface area contributed by atoms with Gasteiger partial charge in [-0.15, -0.1) is 5.10 Å². The highest BCUT2D eigenvalue weighted by Crippen LogP contribution is 2.33. The van der Waals surface area contributed by atoms with Crippen LogP contribution in [0.2, 0.25) is 0 Å². The summed E-state index contributed by atoms with van der Waals surface area (Å²) in [7, 11) is 0. The fourth-order valence-corrected chi connectivity index (χ4v) is 3.70. The second kappa shape index (κ2) is 5.42. The van der Waals surface area contributed by atoms with Crippen LogP contribution in [-0.4, -0.2) is 15.0 Å². The van der Waals surface area contributed by atoms with E-state index in [1.807, 2.05) is 4.68 Å². The standard InChI is InChI=1S/C22H17N3/c1-15-7-6-8-16(13-15)14-25-22-20-12-5-3-10-18(20)17-9-2-4-11-19(17)21(22)23-24-25/h2-13H,14H2,1H3. The number of aromatic nitrogens is 3. The van der Waals surface area contributed by atoms with Gasteiger partial charge in [-0.05, 0) is 23.3 Å². The minimum atomic E-state index is 0.723. The van der Waals surface area contributed by atoms with Gasteiger partial charge in [-0.25, -0.2) is 4.68 Å². The van der Waals surface area contributed by atoms with Crippen molar-refractivity contribution in [1.29, 1.82) is 0 Å². The largest absolute Gasteiger partial charge is 0.240 e. The highest BCUT2D eigenvalue weighted by atomic mass is 15.4. The van der Waals surface area contributed by atoms with Gasteiger partial charge < -0.3 is 0 Å². The maximum absolute atomic E-state index is 4.53. The highest BCUT2D eigenvalue weighted by Gasteiger charge is 2.14. The molecule has 3 heteroatoms. The van der Waals surface area contributed by atoms with Crippen molar-refractivity contribution in [3.63, 3.8) is 0 Å². The Morgan fingerprint density at radius 1 is 0.760 bits per heavy atom. The van der Waals surface area contributed by atoms with Gasteiger partial charge in [0.1, 0.15) is 5.52 Å². The summed E-state index contributed by atoms with van der Waals surface area (Å²) >= 11 is 0. The molecule has 1 heterocycles. The number of hydrogen-bond donors (Lipinski definition) is 0. The van der Waals surface area contributed by atoms with E-state index in [1.165, 1.54) is 27.3 Å². The van der Waals surface area contributed by atoms with Crippen LogP contribution in [0.3, 0.4) is 0 Å². The van der Waals surface area contributed by atoms with Crippen LogP contribution in [0.5, 0.6) is 0 Å². The van der Waals surface area contributed by atoms with E-state index in [0.29, 0.717) is 0 Å². The Balaban J connectivity index is 1.85. The van der Waals surface area contributed by atoms with Gasteiger partial charge in [-0.2, -0.15) is 0 Å². The molecule has 120 valence electrons. The number of hydrogen-bond acceptors (Lipinski definition) is 2. The minimum absolute atomic E-state index is 0.723. The van der Waals surface area contributed by atoms with Crippen LogP contribution < -0.4 is 0 Å². The fourth-order valence-electron chi connectivity index (χ4n) is 3.70. The van der Waals surface area contributed by atoms with Crippen LogP contribution in [0.1, 0.15) is 11.1 Å². The molecule has 0 amide bonds. The van der Waals surface area contributed by atoms with E-state index in [2.05, 4.69) is 90.0 Å². The van der Waals surface area contributed by atoms with Crippen LogP contribution in [0.15, 0.2) is 72.8 Å². The van der Waals surface area contributed by atoms with E-state index in [1.54, 1.807) is 0 Å². The van der Waals surface area contributed by atoms with Gasteiger partial charge in [0, 0.05) is 10.8 Å². The third-order valence-corrected chi connectivity index (χ3v) is 4.80. The molecule has 0 bridgehead atoms. The third-order valence-electron chi connectivity index (χ3n) is 4.80. The quantitative estimate of drug-likeness (QED) is 0.423. The molecule has 0 saturated heterocycles. The summed E-state index contributed by atoms with van der Waals surface area (Å²) in [6, 6.07) is 25.5. The van der Waals surface area contributed by atoms with Gasteiger partial charge in [-0.1, -0.05) is 83.6 Å². The molecule has 5 rings (SSSR count). The van der Waals surface area contributed by atoms with E-state index in [9.17, 15) is 0 Å². The van der Waals surface area contributed by atoms with E-state index in [-0.39, 0.29) is 0 Å². The molecule has 0 saturated carbocycles. The number of benzene rings is 4. The zero-order chi connectivity index (χ0) is 16.8. The summed E-state index contributed by atoms with van der Waals surface area (Å²) < 4.78 is 2.03. The minimum Gasteiger partial charge on any atom is -0.240 e. The average molecular weight is 323 g/mol. The van der Waals surface area contributed by atoms with Gasteiger partial charge >= 0.3 is 0 Å². The number of fused-ring (bicyclic) bond motifs is 6. The van der Waals surface area contributed by atoms with Crippen molar-refractivity contribution in [3.8, 4) is 0 Å². The molecule has 0 aliphatic rings. The predicted octanol–water partition coefficient (Wildman–Crippen LogP) is 5.09. The van der Waals surface area contributed by atoms with Gasteiger partial charge in [0.25, 0.3) is 0 Å². The predicted molar refractivity (Wildman–Crippen MR) is 103 cm³/mol. The Labute approximate surface area is 145 Å². The molecule has 0 radical (unpaired) electrons. The van der Waals surface area contributed by atoms with Crippen molar-refractivity contribution >= 4 is 32.6 Å². The van der Waals surface area contributed by atoms with Crippen molar-refractivity contribution in [2.75, 3.05) is 0 Å². The first-order chi connectivity index (χ1) is 12.3. The van der Waals surface area contributed by atoms with Gasteiger partial charge in [-0.3, -0.25) is 0 Å². The van der Waals surface area contributed by atoms with Crippen molar-refractivity contribution in [3.05, 3.63) is 83.9 Å². The van der Waals surface area contributed by atoms with E-state index < -0.39 is 0 Å². The topological polar surface area (TPSA) is 30.7 Å². The summed E-state index contributed by atoms with van der Waals surface area (Å²) in [4.78, 5) is 0. The molecule has 0 spiro atoms. The molecular formula is C22H17N3. The number of aryl methyl sites for hydroxylation is 1. The lowest BCUT2D eigenvalue weighted by atomic mass is 10.00. The lowest BCUT2D eigenvalue weighted by Crippen LogP contribution is -2.02. The maximum Gasteiger partial charge on any atom is 0.121 e. The lowest BCUT2D eigenvalue weighted by molar-refractivity contribution is 0.671. The van der Waals surface area contributed by atoms with Crippen molar-refractivity contribution in [2.24, 2.45) is 0 Å². The second-order valence-corrected chi connectivity index (χ2v) is 6.52. The molecule has 3 nitrogen and oxygen atoms in total. The molecule has 1 aromatic heterocycles. The van der Waals surface area contributed by atoms with Crippen molar-refractivity contribution < 1.29 is 0 Å². The summed E-state index contributed by atoms with van der Waals surface area (Å²) in [5.74, 6) is 0. The van der Waals surface area contributed by atoms with Crippen LogP contribution in [0, 0.1) is 6.92 Å². The molecule has 0 atom stereocenters. The van der Waals surface area contributed by atoms with Gasteiger partial charge in [0.15, 0.2) is 0 Å². The number of rotatable bonds is 2. The first-order valence-corrected chi connectivity index (χ1v) is 8.49. The Bertz CT molecular complexity index is 1230. The monoisotopic (exact) mass is 323 g/mol. The van der Waals surface area contributed by atoms with Crippen LogP contribution in [0.4, 0.5) is 0 Å². The summed E-state index contributed by atoms with van der Waals surface area (Å²) in [6.45, 7) is 2.84. The maximum atomic E-state index is 4.53. The highest BCUT2D eigenvalue weighted by molar-refractivity contribution is 6.23. The Hall–Kier alpha value is -3.20. The van der Waals surface area contributed by atoms with E-state index in [4.69, 9.17) is 0 Å². The normalized spacial score (nSPS) is 11.6. The Morgan fingerprint density at radius 2 is 1.44 bits per heavy atom. The molecule has 0 fully saturated rings. The molecule has 25 heavy (non-hydrogen) atoms. The first-order valence-electron chi connectivity index (χ1n) is 8.49.